The predicted octanol–water partition coefficient (Wildman–Crippen LogP) is 4.81. The second-order valence-electron chi connectivity index (χ2n) is 8.20. The van der Waals surface area contributed by atoms with Gasteiger partial charge in [-0.2, -0.15) is 0 Å². The van der Waals surface area contributed by atoms with E-state index in [1.54, 1.807) is 23.2 Å². The Bertz CT molecular complexity index is 1240. The van der Waals surface area contributed by atoms with E-state index in [9.17, 15) is 9.90 Å². The van der Waals surface area contributed by atoms with Crippen LogP contribution in [0.1, 0.15) is 29.8 Å². The van der Waals surface area contributed by atoms with Crippen LogP contribution in [0.5, 0.6) is 5.75 Å². The molecule has 3 aromatic carbocycles. The first-order chi connectivity index (χ1) is 16.4. The van der Waals surface area contributed by atoms with Crippen molar-refractivity contribution in [2.45, 2.75) is 26.5 Å². The molecule has 0 saturated carbocycles. The van der Waals surface area contributed by atoms with Crippen molar-refractivity contribution in [3.05, 3.63) is 82.9 Å². The van der Waals surface area contributed by atoms with Gasteiger partial charge in [0.2, 0.25) is 0 Å². The van der Waals surface area contributed by atoms with Gasteiger partial charge in [0.1, 0.15) is 11.6 Å². The highest BCUT2D eigenvalue weighted by molar-refractivity contribution is 6.32. The van der Waals surface area contributed by atoms with E-state index < -0.39 is 0 Å². The standard InChI is InChI=1S/C26H27ClN4O3/c1-17(2)34-24-12-11-20(15-21(24)27)26(33)30-31(13-14-32)16-18-7-9-19(10-8-18)25-28-22-5-3-4-6-23(22)29-25/h3-12,15,17,32H,13-14,16H2,1-2H3,(H,28,29)(H,30,33). The summed E-state index contributed by atoms with van der Waals surface area (Å²) in [7, 11) is 0. The predicted molar refractivity (Wildman–Crippen MR) is 134 cm³/mol. The van der Waals surface area contributed by atoms with E-state index in [1.165, 1.54) is 0 Å². The van der Waals surface area contributed by atoms with Crippen molar-refractivity contribution in [1.29, 1.82) is 0 Å². The van der Waals surface area contributed by atoms with Gasteiger partial charge >= 0.3 is 0 Å². The number of carbonyl (C=O) groups excluding carboxylic acids is 1. The van der Waals surface area contributed by atoms with Crippen LogP contribution < -0.4 is 10.2 Å². The Balaban J connectivity index is 1.43. The molecule has 7 nitrogen and oxygen atoms in total. The van der Waals surface area contributed by atoms with Crippen molar-refractivity contribution in [2.75, 3.05) is 13.2 Å². The van der Waals surface area contributed by atoms with Crippen LogP contribution in [-0.4, -0.2) is 45.2 Å². The number of imidazole rings is 1. The summed E-state index contributed by atoms with van der Waals surface area (Å²) in [5.41, 5.74) is 7.11. The number of hydrogen-bond donors (Lipinski definition) is 3. The fraction of sp³-hybridized carbons (Fsp3) is 0.231. The van der Waals surface area contributed by atoms with Crippen LogP contribution in [-0.2, 0) is 6.54 Å². The Morgan fingerprint density at radius 1 is 1.15 bits per heavy atom. The smallest absolute Gasteiger partial charge is 0.265 e. The fourth-order valence-electron chi connectivity index (χ4n) is 3.57. The van der Waals surface area contributed by atoms with Gasteiger partial charge in [-0.3, -0.25) is 10.2 Å². The fourth-order valence-corrected chi connectivity index (χ4v) is 3.80. The van der Waals surface area contributed by atoms with Crippen molar-refractivity contribution in [3.8, 4) is 17.1 Å². The number of aliphatic hydroxyl groups is 1. The molecule has 0 aliphatic carbocycles. The molecule has 0 bridgehead atoms. The van der Waals surface area contributed by atoms with Crippen LogP contribution in [0.3, 0.4) is 0 Å². The van der Waals surface area contributed by atoms with Gasteiger partial charge in [0, 0.05) is 24.2 Å². The van der Waals surface area contributed by atoms with Gasteiger partial charge in [-0.25, -0.2) is 9.99 Å². The second kappa shape index (κ2) is 10.7. The number of hydrazine groups is 1. The van der Waals surface area contributed by atoms with Gasteiger partial charge in [0.15, 0.2) is 0 Å². The first kappa shape index (κ1) is 23.8. The van der Waals surface area contributed by atoms with Crippen molar-refractivity contribution >= 4 is 28.5 Å². The number of carbonyl (C=O) groups is 1. The summed E-state index contributed by atoms with van der Waals surface area (Å²) >= 11 is 6.27. The van der Waals surface area contributed by atoms with Crippen LogP contribution >= 0.6 is 11.6 Å². The quantitative estimate of drug-likeness (QED) is 0.300. The Hall–Kier alpha value is -3.39. The first-order valence-corrected chi connectivity index (χ1v) is 11.5. The molecule has 0 spiro atoms. The first-order valence-electron chi connectivity index (χ1n) is 11.1. The molecule has 0 unspecified atom stereocenters. The number of benzene rings is 3. The molecule has 4 aromatic rings. The number of H-pyrrole nitrogens is 1. The molecule has 4 rings (SSSR count). The van der Waals surface area contributed by atoms with E-state index in [-0.39, 0.29) is 25.2 Å². The number of aromatic amines is 1. The Kier molecular flexibility index (Phi) is 7.47. The number of fused-ring (bicyclic) bond motifs is 1. The Morgan fingerprint density at radius 2 is 1.91 bits per heavy atom. The third kappa shape index (κ3) is 5.75. The topological polar surface area (TPSA) is 90.5 Å². The van der Waals surface area contributed by atoms with Crippen molar-refractivity contribution in [1.82, 2.24) is 20.4 Å². The molecule has 1 amide bonds. The third-order valence-corrected chi connectivity index (χ3v) is 5.47. The molecule has 1 aromatic heterocycles. The highest BCUT2D eigenvalue weighted by Crippen LogP contribution is 2.26. The zero-order valence-electron chi connectivity index (χ0n) is 19.1. The minimum absolute atomic E-state index is 0.0181. The van der Waals surface area contributed by atoms with E-state index in [1.807, 2.05) is 62.4 Å². The second-order valence-corrected chi connectivity index (χ2v) is 8.60. The number of aliphatic hydroxyl groups excluding tert-OH is 1. The number of ether oxygens (including phenoxy) is 1. The number of amides is 1. The summed E-state index contributed by atoms with van der Waals surface area (Å²) in [5.74, 6) is 1.02. The third-order valence-electron chi connectivity index (χ3n) is 5.18. The highest BCUT2D eigenvalue weighted by atomic mass is 35.5. The zero-order chi connectivity index (χ0) is 24.1. The van der Waals surface area contributed by atoms with Crippen molar-refractivity contribution < 1.29 is 14.6 Å². The van der Waals surface area contributed by atoms with E-state index in [2.05, 4.69) is 15.4 Å². The maximum atomic E-state index is 12.8. The van der Waals surface area contributed by atoms with Crippen molar-refractivity contribution in [3.63, 3.8) is 0 Å². The highest BCUT2D eigenvalue weighted by Gasteiger charge is 2.15. The maximum absolute atomic E-state index is 12.8. The molecule has 176 valence electrons. The average molecular weight is 479 g/mol. The van der Waals surface area contributed by atoms with E-state index >= 15 is 0 Å². The molecule has 8 heteroatoms. The molecule has 0 fully saturated rings. The Labute approximate surface area is 203 Å². The van der Waals surface area contributed by atoms with Crippen LogP contribution in [0.15, 0.2) is 66.7 Å². The van der Waals surface area contributed by atoms with Crippen LogP contribution in [0, 0.1) is 0 Å². The largest absolute Gasteiger partial charge is 0.489 e. The van der Waals surface area contributed by atoms with E-state index in [4.69, 9.17) is 16.3 Å². The minimum atomic E-state index is -0.314. The molecule has 0 atom stereocenters. The number of halogens is 1. The summed E-state index contributed by atoms with van der Waals surface area (Å²) in [6.45, 7) is 4.42. The van der Waals surface area contributed by atoms with Gasteiger partial charge in [-0.15, -0.1) is 0 Å². The lowest BCUT2D eigenvalue weighted by Gasteiger charge is -2.22. The molecule has 0 aliphatic rings. The van der Waals surface area contributed by atoms with Crippen LogP contribution in [0.2, 0.25) is 5.02 Å². The number of para-hydroxylation sites is 2. The van der Waals surface area contributed by atoms with Crippen LogP contribution in [0.4, 0.5) is 0 Å². The SMILES string of the molecule is CC(C)Oc1ccc(C(=O)NN(CCO)Cc2ccc(-c3nc4ccccc4[nH]3)cc2)cc1Cl. The Morgan fingerprint density at radius 3 is 2.59 bits per heavy atom. The summed E-state index contributed by atoms with van der Waals surface area (Å²) in [6.07, 6.45) is -0.0181. The van der Waals surface area contributed by atoms with E-state index in [0.29, 0.717) is 22.9 Å². The lowest BCUT2D eigenvalue weighted by Crippen LogP contribution is -2.43. The van der Waals surface area contributed by atoms with Crippen molar-refractivity contribution in [2.24, 2.45) is 0 Å². The van der Waals surface area contributed by atoms with E-state index in [0.717, 1.165) is 28.0 Å². The molecule has 0 saturated heterocycles. The number of nitrogens with zero attached hydrogens (tertiary/aromatic N) is 2. The molecular weight excluding hydrogens is 452 g/mol. The molecular formula is C26H27ClN4O3. The van der Waals surface area contributed by atoms with Gasteiger partial charge in [0.05, 0.1) is 28.8 Å². The molecule has 0 radical (unpaired) electrons. The number of rotatable bonds is 9. The minimum Gasteiger partial charge on any atom is -0.489 e. The van der Waals surface area contributed by atoms with Gasteiger partial charge < -0.3 is 14.8 Å². The lowest BCUT2D eigenvalue weighted by molar-refractivity contribution is 0.0732. The monoisotopic (exact) mass is 478 g/mol. The summed E-state index contributed by atoms with van der Waals surface area (Å²) in [4.78, 5) is 20.7. The summed E-state index contributed by atoms with van der Waals surface area (Å²) in [6, 6.07) is 20.8. The van der Waals surface area contributed by atoms with Gasteiger partial charge in [-0.1, -0.05) is 48.0 Å². The number of aromatic nitrogens is 2. The molecule has 1 heterocycles. The maximum Gasteiger partial charge on any atom is 0.265 e. The summed E-state index contributed by atoms with van der Waals surface area (Å²) in [5, 5.41) is 11.5. The molecule has 3 N–H and O–H groups in total. The average Bonchev–Trinajstić information content (AvgIpc) is 3.25. The number of hydrogen-bond acceptors (Lipinski definition) is 5. The van der Waals surface area contributed by atoms with Gasteiger partial charge in [-0.05, 0) is 49.7 Å². The zero-order valence-corrected chi connectivity index (χ0v) is 19.8. The number of nitrogens with one attached hydrogen (secondary N) is 2. The lowest BCUT2D eigenvalue weighted by atomic mass is 10.1. The normalized spacial score (nSPS) is 11.4. The van der Waals surface area contributed by atoms with Crippen LogP contribution in [0.25, 0.3) is 22.4 Å². The molecule has 34 heavy (non-hydrogen) atoms. The van der Waals surface area contributed by atoms with Gasteiger partial charge in [0.25, 0.3) is 5.91 Å². The summed E-state index contributed by atoms with van der Waals surface area (Å²) < 4.78 is 5.62. The molecule has 0 aliphatic heterocycles.